The van der Waals surface area contributed by atoms with Crippen molar-refractivity contribution >= 4 is 0 Å². The minimum absolute atomic E-state index is 0.122. The van der Waals surface area contributed by atoms with Crippen LogP contribution in [0, 0.1) is 5.41 Å². The van der Waals surface area contributed by atoms with Gasteiger partial charge in [0.15, 0.2) is 0 Å². The maximum absolute atomic E-state index is 13.3. The Morgan fingerprint density at radius 1 is 0.947 bits per heavy atom. The first kappa shape index (κ1) is 24.9. The van der Waals surface area contributed by atoms with Gasteiger partial charge in [0.25, 0.3) is 0 Å². The monoisotopic (exact) mass is 530 g/mol. The van der Waals surface area contributed by atoms with Crippen molar-refractivity contribution in [3.05, 3.63) is 57.7 Å². The third-order valence-electron chi connectivity index (χ3n) is 9.65. The van der Waals surface area contributed by atoms with Crippen LogP contribution in [0.4, 0.5) is 13.2 Å². The van der Waals surface area contributed by atoms with Crippen LogP contribution >= 0.6 is 0 Å². The standard InChI is InChI=1S/C29H33F3N2O4/c30-29(31,32)18-2-3-19(33-16-18)26-23-24(28(38-26)8-12-37-13-9-28)22-20(14-27(6-1-7-27)15-21(22)35)34-25(23)17-4-10-36-11-5-17/h2-3,16-17,21,26,35H,1,4-15H2/t21-,26+/m0/s1. The van der Waals surface area contributed by atoms with Crippen LogP contribution in [0.3, 0.4) is 0 Å². The average molecular weight is 531 g/mol. The molecule has 6 nitrogen and oxygen atoms in total. The molecule has 2 aromatic heterocycles. The number of ether oxygens (including phenoxy) is 3. The van der Waals surface area contributed by atoms with E-state index in [0.29, 0.717) is 45.0 Å². The molecular weight excluding hydrogens is 497 g/mol. The van der Waals surface area contributed by atoms with Gasteiger partial charge in [0.05, 0.1) is 28.7 Å². The van der Waals surface area contributed by atoms with Crippen LogP contribution in [-0.4, -0.2) is 41.5 Å². The molecule has 0 radical (unpaired) electrons. The van der Waals surface area contributed by atoms with E-state index >= 15 is 0 Å². The molecule has 204 valence electrons. The summed E-state index contributed by atoms with van der Waals surface area (Å²) in [6.45, 7) is 2.34. The molecule has 2 saturated heterocycles. The molecule has 5 aliphatic rings. The third-order valence-corrected chi connectivity index (χ3v) is 9.65. The summed E-state index contributed by atoms with van der Waals surface area (Å²) in [4.78, 5) is 9.59. The fourth-order valence-corrected chi connectivity index (χ4v) is 7.56. The van der Waals surface area contributed by atoms with Gasteiger partial charge in [-0.1, -0.05) is 6.42 Å². The first-order valence-electron chi connectivity index (χ1n) is 13.9. The van der Waals surface area contributed by atoms with Gasteiger partial charge in [-0.25, -0.2) is 0 Å². The molecule has 38 heavy (non-hydrogen) atoms. The highest BCUT2D eigenvalue weighted by molar-refractivity contribution is 5.54. The van der Waals surface area contributed by atoms with E-state index in [1.54, 1.807) is 0 Å². The highest BCUT2D eigenvalue weighted by Crippen LogP contribution is 2.60. The Morgan fingerprint density at radius 3 is 2.32 bits per heavy atom. The van der Waals surface area contributed by atoms with Crippen LogP contribution < -0.4 is 0 Å². The van der Waals surface area contributed by atoms with Crippen molar-refractivity contribution in [3.8, 4) is 0 Å². The number of pyridine rings is 2. The second kappa shape index (κ2) is 8.98. The van der Waals surface area contributed by atoms with Crippen molar-refractivity contribution in [2.24, 2.45) is 5.41 Å². The minimum Gasteiger partial charge on any atom is -0.388 e. The molecule has 2 spiro atoms. The van der Waals surface area contributed by atoms with Crippen molar-refractivity contribution in [1.82, 2.24) is 9.97 Å². The van der Waals surface area contributed by atoms with Crippen molar-refractivity contribution < 1.29 is 32.5 Å². The zero-order valence-corrected chi connectivity index (χ0v) is 21.4. The summed E-state index contributed by atoms with van der Waals surface area (Å²) in [5.41, 5.74) is 3.87. The highest BCUT2D eigenvalue weighted by Gasteiger charge is 2.54. The molecule has 3 fully saturated rings. The lowest BCUT2D eigenvalue weighted by molar-refractivity contribution is -0.138. The molecule has 2 atom stereocenters. The molecule has 2 aliphatic carbocycles. The van der Waals surface area contributed by atoms with Crippen LogP contribution in [0.1, 0.15) is 109 Å². The molecule has 5 heterocycles. The average Bonchev–Trinajstić information content (AvgIpc) is 3.21. The van der Waals surface area contributed by atoms with Crippen molar-refractivity contribution in [2.45, 2.75) is 87.7 Å². The molecule has 1 N–H and O–H groups in total. The molecule has 0 amide bonds. The first-order chi connectivity index (χ1) is 18.3. The SMILES string of the molecule is O[C@H]1CC2(CCC2)Cc2nc(C3CCOCC3)c3c(c21)C1(CCOCC1)O[C@@H]3c1ccc(C(F)(F)F)cn1. The number of aliphatic hydroxyl groups excluding tert-OH is 1. The number of aromatic nitrogens is 2. The van der Waals surface area contributed by atoms with Gasteiger partial charge in [0.1, 0.15) is 6.10 Å². The van der Waals surface area contributed by atoms with E-state index in [-0.39, 0.29) is 11.3 Å². The zero-order chi connectivity index (χ0) is 26.1. The molecule has 2 aromatic rings. The summed E-state index contributed by atoms with van der Waals surface area (Å²) in [5.74, 6) is 0.162. The van der Waals surface area contributed by atoms with E-state index in [2.05, 4.69) is 4.98 Å². The summed E-state index contributed by atoms with van der Waals surface area (Å²) in [7, 11) is 0. The van der Waals surface area contributed by atoms with Gasteiger partial charge >= 0.3 is 6.18 Å². The Bertz CT molecular complexity index is 1220. The number of nitrogens with zero attached hydrogens (tertiary/aromatic N) is 2. The predicted molar refractivity (Wildman–Crippen MR) is 130 cm³/mol. The Kier molecular flexibility index (Phi) is 5.89. The van der Waals surface area contributed by atoms with Crippen LogP contribution in [0.25, 0.3) is 0 Å². The summed E-state index contributed by atoms with van der Waals surface area (Å²) in [6.07, 6.45) is 3.05. The fraction of sp³-hybridized carbons (Fsp3) is 0.655. The molecule has 9 heteroatoms. The molecule has 0 bridgehead atoms. The number of halogens is 3. The lowest BCUT2D eigenvalue weighted by atomic mass is 9.58. The van der Waals surface area contributed by atoms with Crippen LogP contribution in [-0.2, 0) is 32.4 Å². The quantitative estimate of drug-likeness (QED) is 0.540. The molecule has 0 unspecified atom stereocenters. The second-order valence-electron chi connectivity index (χ2n) is 11.9. The maximum Gasteiger partial charge on any atom is 0.417 e. The summed E-state index contributed by atoms with van der Waals surface area (Å²) in [5, 5.41) is 11.6. The Morgan fingerprint density at radius 2 is 1.68 bits per heavy atom. The molecule has 3 aliphatic heterocycles. The summed E-state index contributed by atoms with van der Waals surface area (Å²) in [6, 6.07) is 2.51. The van der Waals surface area contributed by atoms with E-state index < -0.39 is 29.5 Å². The minimum atomic E-state index is -4.46. The van der Waals surface area contributed by atoms with Gasteiger partial charge < -0.3 is 19.3 Å². The zero-order valence-electron chi connectivity index (χ0n) is 21.4. The summed E-state index contributed by atoms with van der Waals surface area (Å²) >= 11 is 0. The number of hydrogen-bond donors (Lipinski definition) is 1. The van der Waals surface area contributed by atoms with Gasteiger partial charge in [-0.2, -0.15) is 13.2 Å². The van der Waals surface area contributed by atoms with E-state index in [9.17, 15) is 18.3 Å². The number of aliphatic hydroxyl groups is 1. The van der Waals surface area contributed by atoms with Crippen LogP contribution in [0.2, 0.25) is 0 Å². The topological polar surface area (TPSA) is 73.7 Å². The maximum atomic E-state index is 13.3. The Labute approximate surface area is 219 Å². The van der Waals surface area contributed by atoms with E-state index in [1.165, 1.54) is 12.5 Å². The van der Waals surface area contributed by atoms with Gasteiger partial charge in [-0.3, -0.25) is 9.97 Å². The van der Waals surface area contributed by atoms with Gasteiger partial charge in [0, 0.05) is 68.2 Å². The van der Waals surface area contributed by atoms with Gasteiger partial charge in [-0.05, 0) is 61.6 Å². The number of fused-ring (bicyclic) bond motifs is 4. The largest absolute Gasteiger partial charge is 0.417 e. The van der Waals surface area contributed by atoms with Crippen molar-refractivity contribution in [3.63, 3.8) is 0 Å². The number of alkyl halides is 3. The smallest absolute Gasteiger partial charge is 0.388 e. The first-order valence-corrected chi connectivity index (χ1v) is 13.9. The van der Waals surface area contributed by atoms with Gasteiger partial charge in [-0.15, -0.1) is 0 Å². The normalized spacial score (nSPS) is 28.2. The van der Waals surface area contributed by atoms with E-state index in [4.69, 9.17) is 19.2 Å². The third kappa shape index (κ3) is 3.92. The predicted octanol–water partition coefficient (Wildman–Crippen LogP) is 5.66. The highest BCUT2D eigenvalue weighted by atomic mass is 19.4. The van der Waals surface area contributed by atoms with E-state index in [0.717, 1.165) is 78.9 Å². The fourth-order valence-electron chi connectivity index (χ4n) is 7.56. The number of hydrogen-bond acceptors (Lipinski definition) is 6. The van der Waals surface area contributed by atoms with Crippen molar-refractivity contribution in [2.75, 3.05) is 26.4 Å². The second-order valence-corrected chi connectivity index (χ2v) is 11.9. The van der Waals surface area contributed by atoms with E-state index in [1.807, 2.05) is 0 Å². The molecular formula is C29H33F3N2O4. The molecule has 0 aromatic carbocycles. The van der Waals surface area contributed by atoms with Crippen LogP contribution in [0.5, 0.6) is 0 Å². The lowest BCUT2D eigenvalue weighted by Crippen LogP contribution is -2.41. The summed E-state index contributed by atoms with van der Waals surface area (Å²) < 4.78 is 58.3. The Balaban J connectivity index is 1.43. The molecule has 1 saturated carbocycles. The molecule has 7 rings (SSSR count). The van der Waals surface area contributed by atoms with Crippen molar-refractivity contribution in [1.29, 1.82) is 0 Å². The van der Waals surface area contributed by atoms with Gasteiger partial charge in [0.2, 0.25) is 0 Å². The number of rotatable bonds is 2. The Hall–Kier alpha value is -2.07. The van der Waals surface area contributed by atoms with Crippen LogP contribution in [0.15, 0.2) is 18.3 Å². The lowest BCUT2D eigenvalue weighted by Gasteiger charge is -2.48.